The summed E-state index contributed by atoms with van der Waals surface area (Å²) in [6, 6.07) is 0. The van der Waals surface area contributed by atoms with Crippen LogP contribution >= 0.6 is 7.60 Å². The van der Waals surface area contributed by atoms with E-state index in [9.17, 15) is 4.57 Å². The van der Waals surface area contributed by atoms with Crippen LogP contribution in [0.25, 0.3) is 0 Å². The Morgan fingerprint density at radius 3 is 2.22 bits per heavy atom. The van der Waals surface area contributed by atoms with Crippen molar-refractivity contribution in [3.05, 3.63) is 0 Å². The highest BCUT2D eigenvalue weighted by molar-refractivity contribution is 7.51. The Bertz CT molecular complexity index is 115. The van der Waals surface area contributed by atoms with Crippen molar-refractivity contribution in [1.29, 1.82) is 0 Å². The van der Waals surface area contributed by atoms with Gasteiger partial charge in [0.05, 0.1) is 6.61 Å². The van der Waals surface area contributed by atoms with Crippen LogP contribution < -0.4 is 0 Å². The van der Waals surface area contributed by atoms with Crippen LogP contribution in [0.4, 0.5) is 0 Å². The van der Waals surface area contributed by atoms with Crippen LogP contribution in [0.3, 0.4) is 0 Å². The lowest BCUT2D eigenvalue weighted by molar-refractivity contribution is 0.233. The number of hydrogen-bond acceptors (Lipinski definition) is 2. The summed E-state index contributed by atoms with van der Waals surface area (Å²) < 4.78 is 15.1. The number of rotatable bonds is 3. The van der Waals surface area contributed by atoms with Gasteiger partial charge in [0.15, 0.2) is 0 Å². The minimum absolute atomic E-state index is 0.311. The van der Waals surface area contributed by atoms with Crippen molar-refractivity contribution < 1.29 is 14.0 Å². The summed E-state index contributed by atoms with van der Waals surface area (Å²) in [5.41, 5.74) is 0. The van der Waals surface area contributed by atoms with E-state index in [1.807, 2.05) is 13.8 Å². The molecule has 0 aromatic heterocycles. The van der Waals surface area contributed by atoms with Crippen LogP contribution in [-0.2, 0) is 9.09 Å². The Balaban J connectivity index is 3.40. The molecule has 56 valence electrons. The van der Waals surface area contributed by atoms with Gasteiger partial charge < -0.3 is 9.42 Å². The summed E-state index contributed by atoms with van der Waals surface area (Å²) in [6.07, 6.45) is 0. The molecule has 1 atom stereocenters. The molecular weight excluding hydrogens is 139 g/mol. The van der Waals surface area contributed by atoms with Crippen LogP contribution in [0.2, 0.25) is 0 Å². The first kappa shape index (κ1) is 9.15. The second-order valence-corrected chi connectivity index (χ2v) is 4.36. The van der Waals surface area contributed by atoms with Gasteiger partial charge in [0.1, 0.15) is 0 Å². The second kappa shape index (κ2) is 3.35. The van der Waals surface area contributed by atoms with E-state index in [4.69, 9.17) is 4.89 Å². The first-order valence-electron chi connectivity index (χ1n) is 2.86. The van der Waals surface area contributed by atoms with Gasteiger partial charge in [-0.15, -0.1) is 0 Å². The molecule has 0 saturated carbocycles. The molecule has 9 heavy (non-hydrogen) atoms. The van der Waals surface area contributed by atoms with E-state index in [0.29, 0.717) is 12.5 Å². The van der Waals surface area contributed by atoms with Crippen molar-refractivity contribution in [2.24, 2.45) is 5.92 Å². The minimum Gasteiger partial charge on any atom is -0.324 e. The smallest absolute Gasteiger partial charge is 0.324 e. The molecule has 0 bridgehead atoms. The lowest BCUT2D eigenvalue weighted by atomic mass is 10.2. The molecule has 1 unspecified atom stereocenters. The molecule has 0 amide bonds. The molecule has 0 spiro atoms. The quantitative estimate of drug-likeness (QED) is 0.623. The molecule has 4 heteroatoms. The predicted octanol–water partition coefficient (Wildman–Crippen LogP) is 1.47. The summed E-state index contributed by atoms with van der Waals surface area (Å²) in [6.45, 7) is 5.39. The van der Waals surface area contributed by atoms with Crippen molar-refractivity contribution in [3.8, 4) is 0 Å². The fraction of sp³-hybridized carbons (Fsp3) is 1.00. The van der Waals surface area contributed by atoms with Crippen LogP contribution in [0, 0.1) is 5.92 Å². The van der Waals surface area contributed by atoms with Gasteiger partial charge in [0.2, 0.25) is 0 Å². The lowest BCUT2D eigenvalue weighted by Gasteiger charge is -2.07. The van der Waals surface area contributed by atoms with E-state index in [0.717, 1.165) is 0 Å². The van der Waals surface area contributed by atoms with Gasteiger partial charge in [-0.3, -0.25) is 4.57 Å². The molecule has 0 aliphatic heterocycles. The summed E-state index contributed by atoms with van der Waals surface area (Å²) in [5.74, 6) is 0.311. The van der Waals surface area contributed by atoms with E-state index in [1.54, 1.807) is 0 Å². The second-order valence-electron chi connectivity index (χ2n) is 2.49. The Kier molecular flexibility index (Phi) is 3.41. The molecule has 0 rings (SSSR count). The normalized spacial score (nSPS) is 17.9. The maximum atomic E-state index is 10.5. The molecule has 0 aromatic rings. The molecule has 0 fully saturated rings. The van der Waals surface area contributed by atoms with Gasteiger partial charge in [-0.25, -0.2) is 0 Å². The van der Waals surface area contributed by atoms with Crippen molar-refractivity contribution in [2.45, 2.75) is 13.8 Å². The predicted molar refractivity (Wildman–Crippen MR) is 36.5 cm³/mol. The van der Waals surface area contributed by atoms with Crippen LogP contribution in [-0.4, -0.2) is 18.2 Å². The van der Waals surface area contributed by atoms with Gasteiger partial charge in [-0.2, -0.15) is 0 Å². The van der Waals surface area contributed by atoms with E-state index >= 15 is 0 Å². The molecule has 0 aliphatic rings. The van der Waals surface area contributed by atoms with Crippen molar-refractivity contribution >= 4 is 7.60 Å². The molecule has 0 aromatic carbocycles. The average Bonchev–Trinajstić information content (AvgIpc) is 1.59. The van der Waals surface area contributed by atoms with Crippen LogP contribution in [0.15, 0.2) is 0 Å². The summed E-state index contributed by atoms with van der Waals surface area (Å²) in [4.78, 5) is 8.60. The third kappa shape index (κ3) is 8.15. The fourth-order valence-electron chi connectivity index (χ4n) is 0.287. The van der Waals surface area contributed by atoms with Gasteiger partial charge in [-0.1, -0.05) is 13.8 Å². The Morgan fingerprint density at radius 1 is 1.67 bits per heavy atom. The van der Waals surface area contributed by atoms with Crippen LogP contribution in [0.1, 0.15) is 13.8 Å². The monoisotopic (exact) mass is 152 g/mol. The van der Waals surface area contributed by atoms with E-state index in [-0.39, 0.29) is 0 Å². The number of hydrogen-bond donors (Lipinski definition) is 1. The van der Waals surface area contributed by atoms with Gasteiger partial charge in [0, 0.05) is 6.66 Å². The highest BCUT2D eigenvalue weighted by atomic mass is 31.2. The zero-order valence-electron chi connectivity index (χ0n) is 6.00. The van der Waals surface area contributed by atoms with Crippen molar-refractivity contribution in [3.63, 3.8) is 0 Å². The maximum absolute atomic E-state index is 10.5. The van der Waals surface area contributed by atoms with E-state index in [2.05, 4.69) is 4.52 Å². The van der Waals surface area contributed by atoms with Gasteiger partial charge in [0.25, 0.3) is 0 Å². The average molecular weight is 152 g/mol. The van der Waals surface area contributed by atoms with Crippen LogP contribution in [0.5, 0.6) is 0 Å². The van der Waals surface area contributed by atoms with Gasteiger partial charge >= 0.3 is 7.60 Å². The Hall–Kier alpha value is 0.150. The summed E-state index contributed by atoms with van der Waals surface area (Å²) in [5, 5.41) is 0. The molecule has 0 heterocycles. The third-order valence-corrected chi connectivity index (χ3v) is 1.28. The third-order valence-electron chi connectivity index (χ3n) is 0.647. The molecule has 0 saturated heterocycles. The lowest BCUT2D eigenvalue weighted by Crippen LogP contribution is -1.98. The highest BCUT2D eigenvalue weighted by Crippen LogP contribution is 2.36. The molecule has 0 radical (unpaired) electrons. The van der Waals surface area contributed by atoms with Gasteiger partial charge in [-0.05, 0) is 5.92 Å². The molecular formula is C5H13O3P. The first-order chi connectivity index (χ1) is 3.92. The minimum atomic E-state index is -3.22. The Labute approximate surface area is 55.6 Å². The van der Waals surface area contributed by atoms with Crippen molar-refractivity contribution in [1.82, 2.24) is 0 Å². The first-order valence-corrected chi connectivity index (χ1v) is 4.89. The topological polar surface area (TPSA) is 46.5 Å². The zero-order valence-corrected chi connectivity index (χ0v) is 6.89. The van der Waals surface area contributed by atoms with E-state index < -0.39 is 7.60 Å². The zero-order chi connectivity index (χ0) is 7.49. The summed E-state index contributed by atoms with van der Waals surface area (Å²) >= 11 is 0. The molecule has 0 aliphatic carbocycles. The van der Waals surface area contributed by atoms with E-state index in [1.165, 1.54) is 6.66 Å². The standard InChI is InChI=1S/C5H13O3P/c1-5(2)4-8-9(3,6)7/h5H,4H2,1-3H3,(H,6,7). The fourth-order valence-corrected chi connectivity index (χ4v) is 0.862. The highest BCUT2D eigenvalue weighted by Gasteiger charge is 2.09. The maximum Gasteiger partial charge on any atom is 0.325 e. The molecule has 3 nitrogen and oxygen atoms in total. The van der Waals surface area contributed by atoms with Crippen molar-refractivity contribution in [2.75, 3.05) is 13.3 Å². The largest absolute Gasteiger partial charge is 0.325 e. The summed E-state index contributed by atoms with van der Waals surface area (Å²) in [7, 11) is -3.22. The SMILES string of the molecule is CC(C)COP(C)(=O)O. The molecule has 1 N–H and O–H groups in total. The Morgan fingerprint density at radius 2 is 2.11 bits per heavy atom.